The number of hydrogen-bond donors (Lipinski definition) is 0. The zero-order chi connectivity index (χ0) is 23.8. The summed E-state index contributed by atoms with van der Waals surface area (Å²) in [4.78, 5) is 0. The Bertz CT molecular complexity index is 1320. The Kier molecular flexibility index (Phi) is 10.3. The van der Waals surface area contributed by atoms with Crippen molar-refractivity contribution in [3.63, 3.8) is 0 Å². The van der Waals surface area contributed by atoms with E-state index >= 15 is 0 Å². The first kappa shape index (κ1) is 32.2. The largest absolute Gasteiger partial charge is 4.00 e. The van der Waals surface area contributed by atoms with Crippen LogP contribution in [0.3, 0.4) is 0 Å². The van der Waals surface area contributed by atoms with E-state index in [-0.39, 0.29) is 51.0 Å². The number of hydrogen-bond acceptors (Lipinski definition) is 0. The molecule has 0 amide bonds. The molecule has 0 unspecified atom stereocenters. The second-order valence-electron chi connectivity index (χ2n) is 10.5. The molecule has 0 N–H and O–H groups in total. The topological polar surface area (TPSA) is 0 Å². The molecule has 4 aromatic carbocycles. The molecule has 0 aliphatic rings. The average Bonchev–Trinajstić information content (AvgIpc) is 3.16. The summed E-state index contributed by atoms with van der Waals surface area (Å²) in [6, 6.07) is 0. The van der Waals surface area contributed by atoms with E-state index in [0.717, 1.165) is 12.8 Å². The molecule has 0 nitrogen and oxygen atoms in total. The fraction of sp³-hybridized carbons (Fsp3) is 0.438. The minimum Gasteiger partial charge on any atom is -1.00 e. The maximum absolute atomic E-state index is 2.35. The molecule has 0 atom stereocenters. The van der Waals surface area contributed by atoms with E-state index in [9.17, 15) is 0 Å². The molecule has 4 aromatic rings. The Labute approximate surface area is 244 Å². The minimum atomic E-state index is 0. The summed E-state index contributed by atoms with van der Waals surface area (Å²) in [6.45, 7) is 27.8. The van der Waals surface area contributed by atoms with Gasteiger partial charge in [0.2, 0.25) is 0 Å². The van der Waals surface area contributed by atoms with Crippen LogP contribution in [0.25, 0.3) is 21.5 Å². The summed E-state index contributed by atoms with van der Waals surface area (Å²) in [7, 11) is 0. The van der Waals surface area contributed by atoms with Gasteiger partial charge in [0.15, 0.2) is 0 Å². The fourth-order valence-corrected chi connectivity index (χ4v) is 6.39. The molecule has 4 rings (SSSR count). The molecule has 0 spiro atoms. The van der Waals surface area contributed by atoms with Gasteiger partial charge in [-0.2, -0.15) is 11.1 Å². The smallest absolute Gasteiger partial charge is 1.00 e. The maximum atomic E-state index is 2.35. The van der Waals surface area contributed by atoms with Crippen LogP contribution in [-0.2, 0) is 39.0 Å². The van der Waals surface area contributed by atoms with Crippen molar-refractivity contribution in [1.29, 1.82) is 0 Å². The number of aryl methyl sites for hydroxylation is 8. The second kappa shape index (κ2) is 11.2. The van der Waals surface area contributed by atoms with Crippen molar-refractivity contribution in [1.82, 2.24) is 0 Å². The molecule has 0 saturated carbocycles. The third-order valence-electron chi connectivity index (χ3n) is 9.38. The predicted molar refractivity (Wildman–Crippen MR) is 143 cm³/mol. The molecule has 35 heavy (non-hydrogen) atoms. The molecule has 0 bridgehead atoms. The Morgan fingerprint density at radius 2 is 0.629 bits per heavy atom. The van der Waals surface area contributed by atoms with Crippen LogP contribution in [0.1, 0.15) is 77.9 Å². The zero-order valence-electron chi connectivity index (χ0n) is 23.7. The number of benzene rings is 2. The van der Waals surface area contributed by atoms with Crippen LogP contribution in [0.2, 0.25) is 0 Å². The van der Waals surface area contributed by atoms with Gasteiger partial charge in [0.1, 0.15) is 0 Å². The second-order valence-corrected chi connectivity index (χ2v) is 10.5. The van der Waals surface area contributed by atoms with Gasteiger partial charge in [0.25, 0.3) is 0 Å². The summed E-state index contributed by atoms with van der Waals surface area (Å²) >= 11 is 0. The third kappa shape index (κ3) is 4.53. The van der Waals surface area contributed by atoms with Gasteiger partial charge in [-0.1, -0.05) is 87.8 Å². The van der Waals surface area contributed by atoms with Crippen LogP contribution in [0.4, 0.5) is 0 Å². The monoisotopic (exact) mass is 584 g/mol. The minimum absolute atomic E-state index is 0. The summed E-state index contributed by atoms with van der Waals surface area (Å²) in [5.74, 6) is 0. The predicted octanol–water partition coefficient (Wildman–Crippen LogP) is 2.92. The molecule has 0 aromatic heterocycles. The zero-order valence-corrected chi connectivity index (χ0v) is 27.6. The molecule has 0 fully saturated rings. The van der Waals surface area contributed by atoms with Crippen molar-refractivity contribution in [3.8, 4) is 0 Å². The molecule has 0 aliphatic carbocycles. The van der Waals surface area contributed by atoms with Crippen molar-refractivity contribution in [3.05, 3.63) is 77.9 Å². The van der Waals surface area contributed by atoms with Crippen LogP contribution >= 0.6 is 0 Å². The Balaban J connectivity index is 0.00000204. The van der Waals surface area contributed by atoms with Gasteiger partial charge in [-0.25, -0.2) is 0 Å². The molecule has 0 aliphatic heterocycles. The van der Waals surface area contributed by atoms with E-state index in [1.54, 1.807) is 11.1 Å². The summed E-state index contributed by atoms with van der Waals surface area (Å²) in [5.41, 5.74) is 20.9. The van der Waals surface area contributed by atoms with E-state index in [1.165, 1.54) is 88.3 Å². The molecule has 0 heterocycles. The van der Waals surface area contributed by atoms with Crippen molar-refractivity contribution in [2.75, 3.05) is 0 Å². The molecule has 0 radical (unpaired) electrons. The normalized spacial score (nSPS) is 11.0. The summed E-state index contributed by atoms with van der Waals surface area (Å²) in [5, 5.41) is 6.09. The van der Waals surface area contributed by atoms with Gasteiger partial charge >= 0.3 is 26.2 Å². The molecular formula is C32H40Cl2Zr. The summed E-state index contributed by atoms with van der Waals surface area (Å²) < 4.78 is 0. The van der Waals surface area contributed by atoms with E-state index in [0.29, 0.717) is 0 Å². The van der Waals surface area contributed by atoms with Gasteiger partial charge in [-0.15, -0.1) is 54.9 Å². The number of halogens is 2. The molecule has 186 valence electrons. The van der Waals surface area contributed by atoms with Crippen LogP contribution in [0.15, 0.2) is 0 Å². The van der Waals surface area contributed by atoms with Gasteiger partial charge in [0, 0.05) is 0 Å². The number of fused-ring (bicyclic) bond motifs is 2. The van der Waals surface area contributed by atoms with Gasteiger partial charge in [-0.3, -0.25) is 0 Å². The van der Waals surface area contributed by atoms with Crippen molar-refractivity contribution in [2.24, 2.45) is 0 Å². The first-order chi connectivity index (χ1) is 14.9. The van der Waals surface area contributed by atoms with E-state index in [4.69, 9.17) is 0 Å². The molecule has 3 heteroatoms. The van der Waals surface area contributed by atoms with Crippen molar-refractivity contribution < 1.29 is 51.0 Å². The Hall–Kier alpha value is -0.877. The molecule has 0 saturated heterocycles. The maximum Gasteiger partial charge on any atom is 4.00 e. The Morgan fingerprint density at radius 3 is 0.914 bits per heavy atom. The molecular weight excluding hydrogens is 546 g/mol. The van der Waals surface area contributed by atoms with Crippen molar-refractivity contribution >= 4 is 21.5 Å². The van der Waals surface area contributed by atoms with Gasteiger partial charge < -0.3 is 24.8 Å². The van der Waals surface area contributed by atoms with Crippen molar-refractivity contribution in [2.45, 2.75) is 95.9 Å². The van der Waals surface area contributed by atoms with Crippen LogP contribution < -0.4 is 24.8 Å². The van der Waals surface area contributed by atoms with E-state index in [2.05, 4.69) is 83.1 Å². The van der Waals surface area contributed by atoms with Crippen LogP contribution in [0, 0.1) is 83.1 Å². The van der Waals surface area contributed by atoms with Crippen LogP contribution in [-0.4, -0.2) is 0 Å². The number of rotatable bonds is 3. The van der Waals surface area contributed by atoms with Gasteiger partial charge in [0.05, 0.1) is 0 Å². The average molecular weight is 587 g/mol. The quantitative estimate of drug-likeness (QED) is 0.324. The first-order valence-corrected chi connectivity index (χ1v) is 12.2. The fourth-order valence-electron chi connectivity index (χ4n) is 6.39. The van der Waals surface area contributed by atoms with E-state index < -0.39 is 0 Å². The standard InChI is InChI=1S/C32H40.2ClH.Zr/c1-15-17(3)23(9)31-27(19(5)25(11)29(31)21(15)7)13-14-28-20(6)26(12)30-22(8)16(2)18(4)24(10)32(28)30;;;/h13-14H2,1-12H3;2*1H;/q-2;;;+4/p-2. The third-order valence-corrected chi connectivity index (χ3v) is 9.38. The first-order valence-electron chi connectivity index (χ1n) is 12.2. The summed E-state index contributed by atoms with van der Waals surface area (Å²) in [6.07, 6.45) is 2.23. The SMILES string of the molecule is Cc1c(C)c(C)c2c(c1C)c(C)c(C)[c-]2CC[c-]1c(C)c(C)c2c(C)c(C)c(C)c(C)c21.[Cl-].[Cl-].[Zr+4]. The van der Waals surface area contributed by atoms with E-state index in [1.807, 2.05) is 0 Å². The Morgan fingerprint density at radius 1 is 0.371 bits per heavy atom. The van der Waals surface area contributed by atoms with Crippen LogP contribution in [0.5, 0.6) is 0 Å². The van der Waals surface area contributed by atoms with Gasteiger partial charge in [-0.05, 0) is 41.5 Å².